The minimum absolute atomic E-state index is 0.0426. The summed E-state index contributed by atoms with van der Waals surface area (Å²) < 4.78 is 11.3. The zero-order chi connectivity index (χ0) is 24.8. The summed E-state index contributed by atoms with van der Waals surface area (Å²) in [5, 5.41) is 3.56. The molecule has 10 nitrogen and oxygen atoms in total. The number of carbonyl (C=O) groups is 1. The van der Waals surface area contributed by atoms with Crippen molar-refractivity contribution >= 4 is 28.6 Å². The zero-order valence-electron chi connectivity index (χ0n) is 19.4. The number of hydrogen-bond acceptors (Lipinski definition) is 9. The highest BCUT2D eigenvalue weighted by molar-refractivity contribution is 6.04. The van der Waals surface area contributed by atoms with Crippen LogP contribution in [0.2, 0.25) is 0 Å². The molecule has 0 aliphatic rings. The fourth-order valence-electron chi connectivity index (χ4n) is 3.50. The Morgan fingerprint density at radius 1 is 1.09 bits per heavy atom. The quantitative estimate of drug-likeness (QED) is 0.351. The summed E-state index contributed by atoms with van der Waals surface area (Å²) in [6.07, 6.45) is 1.44. The van der Waals surface area contributed by atoms with E-state index in [0.29, 0.717) is 17.7 Å². The van der Waals surface area contributed by atoms with Gasteiger partial charge in [-0.3, -0.25) is 4.79 Å². The lowest BCUT2D eigenvalue weighted by molar-refractivity contribution is 0.0513. The van der Waals surface area contributed by atoms with Crippen molar-refractivity contribution in [3.05, 3.63) is 87.8 Å². The average molecular weight is 476 g/mol. The van der Waals surface area contributed by atoms with Crippen molar-refractivity contribution in [2.75, 3.05) is 24.8 Å². The van der Waals surface area contributed by atoms with Crippen molar-refractivity contribution in [1.29, 1.82) is 0 Å². The molecule has 2 aromatic carbocycles. The number of nitrogens with zero attached hydrogens (tertiary/aromatic N) is 3. The van der Waals surface area contributed by atoms with Crippen molar-refractivity contribution < 1.29 is 19.1 Å². The molecule has 0 saturated carbocycles. The molecule has 0 atom stereocenters. The first-order chi connectivity index (χ1) is 17.0. The monoisotopic (exact) mass is 475 g/mol. The second kappa shape index (κ2) is 10.6. The summed E-state index contributed by atoms with van der Waals surface area (Å²) in [6.45, 7) is 2.14. The van der Waals surface area contributed by atoms with Crippen LogP contribution in [0.3, 0.4) is 0 Å². The molecule has 4 aromatic rings. The normalized spacial score (nSPS) is 10.7. The van der Waals surface area contributed by atoms with Gasteiger partial charge in [-0.05, 0) is 30.2 Å². The van der Waals surface area contributed by atoms with Crippen LogP contribution in [0, 0.1) is 0 Å². The number of pyridine rings is 1. The Balaban J connectivity index is 1.81. The molecule has 3 N–H and O–H groups in total. The van der Waals surface area contributed by atoms with Gasteiger partial charge in [0.2, 0.25) is 5.95 Å². The van der Waals surface area contributed by atoms with Gasteiger partial charge < -0.3 is 25.4 Å². The molecule has 35 heavy (non-hydrogen) atoms. The molecule has 0 bridgehead atoms. The number of rotatable bonds is 9. The molecule has 0 fully saturated rings. The van der Waals surface area contributed by atoms with Gasteiger partial charge in [0, 0.05) is 12.7 Å². The Hall–Kier alpha value is -4.60. The van der Waals surface area contributed by atoms with Gasteiger partial charge in [-0.1, -0.05) is 42.5 Å². The Labute approximate surface area is 201 Å². The number of fused-ring (bicyclic) bond motifs is 1. The summed E-state index contributed by atoms with van der Waals surface area (Å²) in [6, 6.07) is 16.7. The molecule has 180 valence electrons. The van der Waals surface area contributed by atoms with Crippen LogP contribution in [0.1, 0.15) is 28.4 Å². The molecule has 10 heteroatoms. The van der Waals surface area contributed by atoms with Gasteiger partial charge in [0.05, 0.1) is 24.8 Å². The Morgan fingerprint density at radius 3 is 2.51 bits per heavy atom. The maximum absolute atomic E-state index is 13.5. The van der Waals surface area contributed by atoms with Crippen LogP contribution in [-0.4, -0.2) is 34.4 Å². The van der Waals surface area contributed by atoms with Crippen LogP contribution in [-0.2, 0) is 17.9 Å². The molecule has 0 aliphatic heterocycles. The van der Waals surface area contributed by atoms with E-state index in [2.05, 4.69) is 15.3 Å². The van der Waals surface area contributed by atoms with E-state index in [1.165, 1.54) is 6.20 Å². The number of anilines is 2. The van der Waals surface area contributed by atoms with Crippen LogP contribution in [0.15, 0.2) is 65.6 Å². The largest absolute Gasteiger partial charge is 0.497 e. The molecule has 2 heterocycles. The minimum atomic E-state index is -0.787. The molecule has 4 rings (SSSR count). The second-order valence-electron chi connectivity index (χ2n) is 7.50. The van der Waals surface area contributed by atoms with E-state index >= 15 is 0 Å². The molecular weight excluding hydrogens is 450 g/mol. The summed E-state index contributed by atoms with van der Waals surface area (Å²) in [5.41, 5.74) is 6.98. The zero-order valence-corrected chi connectivity index (χ0v) is 19.4. The molecule has 0 spiro atoms. The maximum Gasteiger partial charge on any atom is 0.346 e. The van der Waals surface area contributed by atoms with Crippen molar-refractivity contribution in [2.45, 2.75) is 20.1 Å². The Morgan fingerprint density at radius 2 is 1.83 bits per heavy atom. The molecule has 0 unspecified atom stereocenters. The van der Waals surface area contributed by atoms with Gasteiger partial charge >= 0.3 is 11.5 Å². The number of ether oxygens (including phenoxy) is 2. The first-order valence-corrected chi connectivity index (χ1v) is 10.9. The van der Waals surface area contributed by atoms with Gasteiger partial charge in [-0.15, -0.1) is 4.73 Å². The molecule has 0 radical (unpaired) electrons. The smallest absolute Gasteiger partial charge is 0.346 e. The number of carbonyl (C=O) groups excluding carboxylic acids is 1. The number of aromatic nitrogens is 3. The van der Waals surface area contributed by atoms with Crippen LogP contribution in [0.25, 0.3) is 11.0 Å². The fourth-order valence-corrected chi connectivity index (χ4v) is 3.50. The number of esters is 1. The first kappa shape index (κ1) is 23.6. The lowest BCUT2D eigenvalue weighted by Crippen LogP contribution is -2.34. The molecule has 0 aliphatic carbocycles. The van der Waals surface area contributed by atoms with E-state index in [9.17, 15) is 9.59 Å². The van der Waals surface area contributed by atoms with E-state index in [-0.39, 0.29) is 36.1 Å². The number of methoxy groups -OCH3 is 1. The van der Waals surface area contributed by atoms with Gasteiger partial charge in [-0.25, -0.2) is 9.78 Å². The summed E-state index contributed by atoms with van der Waals surface area (Å²) in [7, 11) is 1.59. The summed E-state index contributed by atoms with van der Waals surface area (Å²) in [4.78, 5) is 40.5. The van der Waals surface area contributed by atoms with E-state index < -0.39 is 11.5 Å². The van der Waals surface area contributed by atoms with Crippen LogP contribution < -0.4 is 26.2 Å². The standard InChI is InChI=1S/C25H25N5O5/c1-3-34-24(32)20-21(27-13-16-9-11-18(33-2)12-10-16)19-14-28-25(26)29-22(19)30(23(20)31)35-15-17-7-5-4-6-8-17/h4-12,14,27H,3,13,15H2,1-2H3,(H2,26,28,29). The lowest BCUT2D eigenvalue weighted by atomic mass is 10.1. The minimum Gasteiger partial charge on any atom is -0.497 e. The lowest BCUT2D eigenvalue weighted by Gasteiger charge is -2.18. The Bertz CT molecular complexity index is 1390. The van der Waals surface area contributed by atoms with Crippen molar-refractivity contribution in [3.8, 4) is 5.75 Å². The van der Waals surface area contributed by atoms with E-state index in [4.69, 9.17) is 20.0 Å². The van der Waals surface area contributed by atoms with Gasteiger partial charge in [-0.2, -0.15) is 4.98 Å². The first-order valence-electron chi connectivity index (χ1n) is 10.9. The molecular formula is C25H25N5O5. The predicted octanol–water partition coefficient (Wildman–Crippen LogP) is 2.80. The van der Waals surface area contributed by atoms with Gasteiger partial charge in [0.15, 0.2) is 11.2 Å². The summed E-state index contributed by atoms with van der Waals surface area (Å²) in [5.74, 6) is -0.113. The van der Waals surface area contributed by atoms with Crippen LogP contribution in [0.5, 0.6) is 5.75 Å². The highest BCUT2D eigenvalue weighted by Crippen LogP contribution is 2.26. The number of nitrogen functional groups attached to an aromatic ring is 1. The molecule has 2 aromatic heterocycles. The number of hydrogen-bond donors (Lipinski definition) is 2. The number of benzene rings is 2. The third-order valence-corrected chi connectivity index (χ3v) is 5.21. The summed E-state index contributed by atoms with van der Waals surface area (Å²) >= 11 is 0. The van der Waals surface area contributed by atoms with Gasteiger partial charge in [0.1, 0.15) is 12.4 Å². The van der Waals surface area contributed by atoms with Gasteiger partial charge in [0.25, 0.3) is 0 Å². The third-order valence-electron chi connectivity index (χ3n) is 5.21. The SMILES string of the molecule is CCOC(=O)c1c(NCc2ccc(OC)cc2)c2cnc(N)nc2n(OCc2ccccc2)c1=O. The van der Waals surface area contributed by atoms with Crippen molar-refractivity contribution in [3.63, 3.8) is 0 Å². The maximum atomic E-state index is 13.5. The Kier molecular flexibility index (Phi) is 7.10. The van der Waals surface area contributed by atoms with E-state index in [1.807, 2.05) is 54.6 Å². The molecule has 0 amide bonds. The van der Waals surface area contributed by atoms with Crippen LogP contribution >= 0.6 is 0 Å². The number of nitrogens with one attached hydrogen (secondary N) is 1. The predicted molar refractivity (Wildman–Crippen MR) is 131 cm³/mol. The second-order valence-corrected chi connectivity index (χ2v) is 7.50. The number of nitrogens with two attached hydrogens (primary N) is 1. The topological polar surface area (TPSA) is 131 Å². The van der Waals surface area contributed by atoms with Crippen molar-refractivity contribution in [2.24, 2.45) is 0 Å². The van der Waals surface area contributed by atoms with Crippen LogP contribution in [0.4, 0.5) is 11.6 Å². The van der Waals surface area contributed by atoms with E-state index in [1.54, 1.807) is 14.0 Å². The third kappa shape index (κ3) is 5.16. The van der Waals surface area contributed by atoms with E-state index in [0.717, 1.165) is 15.9 Å². The average Bonchev–Trinajstić information content (AvgIpc) is 2.87. The molecule has 0 saturated heterocycles. The fraction of sp³-hybridized carbons (Fsp3) is 0.200. The highest BCUT2D eigenvalue weighted by Gasteiger charge is 2.25. The van der Waals surface area contributed by atoms with Crippen molar-refractivity contribution in [1.82, 2.24) is 14.7 Å². The highest BCUT2D eigenvalue weighted by atomic mass is 16.7.